The molecule has 0 saturated carbocycles. The normalized spacial score (nSPS) is 11.2. The van der Waals surface area contributed by atoms with E-state index in [0.717, 1.165) is 4.90 Å². The maximum atomic E-state index is 12.3. The minimum Gasteiger partial charge on any atom is -0.461 e. The molecule has 0 aliphatic carbocycles. The van der Waals surface area contributed by atoms with Gasteiger partial charge in [0.1, 0.15) is 17.5 Å². The fourth-order valence-electron chi connectivity index (χ4n) is 2.77. The number of carbonyl (C=O) groups is 2. The summed E-state index contributed by atoms with van der Waals surface area (Å²) in [5, 5.41) is 0. The maximum Gasteiger partial charge on any atom is 0.338 e. The van der Waals surface area contributed by atoms with Gasteiger partial charge in [0.15, 0.2) is 14.7 Å². The number of alkyl halides is 1. The highest BCUT2D eigenvalue weighted by Gasteiger charge is 2.28. The van der Waals surface area contributed by atoms with E-state index in [0.29, 0.717) is 5.56 Å². The Labute approximate surface area is 194 Å². The van der Waals surface area contributed by atoms with E-state index in [1.807, 2.05) is 48.5 Å². The van der Waals surface area contributed by atoms with E-state index in [-0.39, 0.29) is 24.1 Å². The number of carbonyl (C=O) groups excluding carboxylic acids is 2. The van der Waals surface area contributed by atoms with Crippen molar-refractivity contribution in [3.63, 3.8) is 0 Å². The van der Waals surface area contributed by atoms with Crippen molar-refractivity contribution in [3.8, 4) is 0 Å². The van der Waals surface area contributed by atoms with Gasteiger partial charge < -0.3 is 9.47 Å². The van der Waals surface area contributed by atoms with Gasteiger partial charge in [0.05, 0.1) is 16.5 Å². The molecular formula is C25H24BrO4S+. The van der Waals surface area contributed by atoms with Crippen LogP contribution in [0.2, 0.25) is 0 Å². The van der Waals surface area contributed by atoms with Crippen LogP contribution in [0, 0.1) is 0 Å². The molecule has 3 aromatic rings. The summed E-state index contributed by atoms with van der Waals surface area (Å²) in [4.78, 5) is 27.6. The molecule has 0 aliphatic rings. The number of hydrogen-bond donors (Lipinski definition) is 0. The van der Waals surface area contributed by atoms with Crippen LogP contribution < -0.4 is 0 Å². The van der Waals surface area contributed by atoms with Crippen molar-refractivity contribution in [2.24, 2.45) is 0 Å². The van der Waals surface area contributed by atoms with Crippen LogP contribution >= 0.6 is 15.9 Å². The summed E-state index contributed by atoms with van der Waals surface area (Å²) in [6.07, 6.45) is 0. The third kappa shape index (κ3) is 6.45. The fraction of sp³-hybridized carbons (Fsp3) is 0.200. The van der Waals surface area contributed by atoms with Crippen LogP contribution in [-0.4, -0.2) is 29.5 Å². The average Bonchev–Trinajstić information content (AvgIpc) is 2.78. The molecule has 0 N–H and O–H groups in total. The predicted octanol–water partition coefficient (Wildman–Crippen LogP) is 5.66. The van der Waals surface area contributed by atoms with Crippen molar-refractivity contribution >= 4 is 38.8 Å². The summed E-state index contributed by atoms with van der Waals surface area (Å²) in [5.74, 6) is -0.846. The Morgan fingerprint density at radius 1 is 0.742 bits per heavy atom. The second-order valence-corrected chi connectivity index (χ2v) is 11.2. The van der Waals surface area contributed by atoms with Gasteiger partial charge >= 0.3 is 11.9 Å². The molecule has 0 heterocycles. The highest BCUT2D eigenvalue weighted by molar-refractivity contribution is 9.10. The molecule has 4 nitrogen and oxygen atoms in total. The van der Waals surface area contributed by atoms with E-state index in [1.165, 1.54) is 9.79 Å². The van der Waals surface area contributed by atoms with Crippen LogP contribution in [0.1, 0.15) is 24.2 Å². The van der Waals surface area contributed by atoms with Gasteiger partial charge in [0.2, 0.25) is 0 Å². The summed E-state index contributed by atoms with van der Waals surface area (Å²) in [6.45, 7) is 3.42. The van der Waals surface area contributed by atoms with Crippen molar-refractivity contribution in [1.82, 2.24) is 0 Å². The van der Waals surface area contributed by atoms with Gasteiger partial charge in [-0.2, -0.15) is 0 Å². The van der Waals surface area contributed by atoms with Gasteiger partial charge in [-0.1, -0.05) is 52.3 Å². The van der Waals surface area contributed by atoms with Gasteiger partial charge in [-0.05, 0) is 62.4 Å². The zero-order valence-corrected chi connectivity index (χ0v) is 19.8. The van der Waals surface area contributed by atoms with Gasteiger partial charge in [0.25, 0.3) is 0 Å². The minimum absolute atomic E-state index is 0.00775. The van der Waals surface area contributed by atoms with E-state index in [4.69, 9.17) is 9.47 Å². The van der Waals surface area contributed by atoms with Crippen LogP contribution in [0.5, 0.6) is 0 Å². The fourth-order valence-corrected chi connectivity index (χ4v) is 4.97. The highest BCUT2D eigenvalue weighted by Crippen LogP contribution is 2.31. The van der Waals surface area contributed by atoms with Gasteiger partial charge in [-0.3, -0.25) is 4.79 Å². The molecule has 0 atom stereocenters. The molecule has 0 radical (unpaired) electrons. The van der Waals surface area contributed by atoms with Crippen LogP contribution in [0.25, 0.3) is 0 Å². The van der Waals surface area contributed by atoms with E-state index in [9.17, 15) is 9.59 Å². The molecule has 0 bridgehead atoms. The lowest BCUT2D eigenvalue weighted by atomic mass is 10.2. The first-order chi connectivity index (χ1) is 14.9. The standard InChI is InChI=1S/C25H24BrO4S/c1-25(2,26)24(28)30-18-17-29-23(27)19-13-15-22(16-14-19)31(20-9-5-3-6-10-20)21-11-7-4-8-12-21/h3-16H,17-18H2,1-2H3/q+1. The van der Waals surface area contributed by atoms with Crippen LogP contribution in [0.3, 0.4) is 0 Å². The number of halogens is 1. The van der Waals surface area contributed by atoms with Crippen molar-refractivity contribution in [3.05, 3.63) is 90.5 Å². The third-order valence-corrected chi connectivity index (χ3v) is 6.87. The molecule has 31 heavy (non-hydrogen) atoms. The van der Waals surface area contributed by atoms with Gasteiger partial charge in [-0.15, -0.1) is 0 Å². The molecule has 0 spiro atoms. The monoisotopic (exact) mass is 499 g/mol. The van der Waals surface area contributed by atoms with Crippen molar-refractivity contribution in [2.45, 2.75) is 32.9 Å². The quantitative estimate of drug-likeness (QED) is 0.174. The molecular weight excluding hydrogens is 476 g/mol. The maximum absolute atomic E-state index is 12.3. The third-order valence-electron chi connectivity index (χ3n) is 4.32. The number of benzene rings is 3. The Morgan fingerprint density at radius 3 is 1.68 bits per heavy atom. The number of ether oxygens (including phenoxy) is 2. The molecule has 160 valence electrons. The van der Waals surface area contributed by atoms with E-state index >= 15 is 0 Å². The smallest absolute Gasteiger partial charge is 0.338 e. The average molecular weight is 500 g/mol. The lowest BCUT2D eigenvalue weighted by Gasteiger charge is -2.14. The van der Waals surface area contributed by atoms with E-state index < -0.39 is 16.3 Å². The second-order valence-electron chi connectivity index (χ2n) is 7.20. The molecule has 0 fully saturated rings. The van der Waals surface area contributed by atoms with E-state index in [1.54, 1.807) is 26.0 Å². The minimum atomic E-state index is -0.762. The Morgan fingerprint density at radius 2 is 1.19 bits per heavy atom. The molecule has 3 rings (SSSR count). The number of rotatable bonds is 8. The second kappa shape index (κ2) is 10.6. The zero-order chi connectivity index (χ0) is 22.3. The first kappa shape index (κ1) is 23.1. The van der Waals surface area contributed by atoms with Crippen molar-refractivity contribution < 1.29 is 19.1 Å². The van der Waals surface area contributed by atoms with Crippen LogP contribution in [0.15, 0.2) is 99.6 Å². The molecule has 6 heteroatoms. The van der Waals surface area contributed by atoms with Crippen molar-refractivity contribution in [2.75, 3.05) is 13.2 Å². The predicted molar refractivity (Wildman–Crippen MR) is 126 cm³/mol. The molecule has 0 unspecified atom stereocenters. The van der Waals surface area contributed by atoms with Gasteiger partial charge in [0, 0.05) is 0 Å². The summed E-state index contributed by atoms with van der Waals surface area (Å²) in [7, 11) is -0.271. The Kier molecular flexibility index (Phi) is 7.93. The lowest BCUT2D eigenvalue weighted by molar-refractivity contribution is -0.146. The molecule has 0 aromatic heterocycles. The summed E-state index contributed by atoms with van der Waals surface area (Å²) in [5.41, 5.74) is 0.459. The van der Waals surface area contributed by atoms with Crippen molar-refractivity contribution in [1.29, 1.82) is 0 Å². The summed E-state index contributed by atoms with van der Waals surface area (Å²) >= 11 is 3.23. The topological polar surface area (TPSA) is 52.6 Å². The molecule has 0 amide bonds. The Bertz CT molecular complexity index is 960. The first-order valence-corrected chi connectivity index (χ1v) is 11.9. The number of esters is 2. The van der Waals surface area contributed by atoms with Gasteiger partial charge in [-0.25, -0.2) is 4.79 Å². The molecule has 0 aliphatic heterocycles. The SMILES string of the molecule is CC(C)(Br)C(=O)OCCOC(=O)c1ccc([S+](c2ccccc2)c2ccccc2)cc1. The highest BCUT2D eigenvalue weighted by atomic mass is 79.9. The lowest BCUT2D eigenvalue weighted by Crippen LogP contribution is -2.28. The zero-order valence-electron chi connectivity index (χ0n) is 17.4. The number of hydrogen-bond acceptors (Lipinski definition) is 4. The first-order valence-electron chi connectivity index (χ1n) is 9.84. The molecule has 0 saturated heterocycles. The summed E-state index contributed by atoms with van der Waals surface area (Å²) < 4.78 is 9.55. The molecule has 3 aromatic carbocycles. The van der Waals surface area contributed by atoms with Crippen LogP contribution in [0.4, 0.5) is 0 Å². The largest absolute Gasteiger partial charge is 0.461 e. The van der Waals surface area contributed by atoms with Crippen LogP contribution in [-0.2, 0) is 25.2 Å². The summed E-state index contributed by atoms with van der Waals surface area (Å²) in [6, 6.07) is 28.1. The Hall–Kier alpha value is -2.57. The van der Waals surface area contributed by atoms with E-state index in [2.05, 4.69) is 40.2 Å². The Balaban J connectivity index is 1.68.